The molecular weight excluding hydrogens is 350 g/mol. The minimum atomic E-state index is -0.333. The third-order valence-corrected chi connectivity index (χ3v) is 4.22. The van der Waals surface area contributed by atoms with Crippen LogP contribution < -0.4 is 10.6 Å². The first-order valence-corrected chi connectivity index (χ1v) is 8.88. The van der Waals surface area contributed by atoms with E-state index in [1.165, 1.54) is 5.56 Å². The van der Waals surface area contributed by atoms with Crippen LogP contribution in [0.5, 0.6) is 0 Å². The summed E-state index contributed by atoms with van der Waals surface area (Å²) in [6.45, 7) is 6.42. The molecule has 0 spiro atoms. The summed E-state index contributed by atoms with van der Waals surface area (Å²) in [5, 5.41) is 23.0. The molecule has 140 valence electrons. The molecule has 2 aromatic carbocycles. The normalized spacial score (nSPS) is 10.8. The van der Waals surface area contributed by atoms with Crippen LogP contribution in [-0.4, -0.2) is 16.1 Å². The fraction of sp³-hybridized carbons (Fsp3) is 0.182. The van der Waals surface area contributed by atoms with E-state index in [1.54, 1.807) is 30.3 Å². The average molecular weight is 371 g/mol. The van der Waals surface area contributed by atoms with Gasteiger partial charge in [0.05, 0.1) is 11.3 Å². The van der Waals surface area contributed by atoms with Crippen LogP contribution in [0.25, 0.3) is 0 Å². The second-order valence-electron chi connectivity index (χ2n) is 7.37. The Labute approximate surface area is 164 Å². The van der Waals surface area contributed by atoms with Crippen LogP contribution in [0.15, 0.2) is 60.7 Å². The number of nitrogens with one attached hydrogen (secondary N) is 2. The number of hydrogen-bond donors (Lipinski definition) is 2. The number of carbonyl (C=O) groups is 1. The molecule has 3 aromatic rings. The number of anilines is 3. The van der Waals surface area contributed by atoms with Gasteiger partial charge in [0.15, 0.2) is 11.5 Å². The van der Waals surface area contributed by atoms with E-state index in [9.17, 15) is 4.79 Å². The van der Waals surface area contributed by atoms with Crippen LogP contribution in [0.1, 0.15) is 42.4 Å². The lowest BCUT2D eigenvalue weighted by molar-refractivity contribution is 0.102. The molecule has 6 heteroatoms. The first-order valence-electron chi connectivity index (χ1n) is 8.88. The lowest BCUT2D eigenvalue weighted by Gasteiger charge is -2.19. The van der Waals surface area contributed by atoms with Crippen LogP contribution in [0.3, 0.4) is 0 Å². The lowest BCUT2D eigenvalue weighted by atomic mass is 9.87. The van der Waals surface area contributed by atoms with Crippen LogP contribution in [-0.2, 0) is 5.41 Å². The summed E-state index contributed by atoms with van der Waals surface area (Å²) in [7, 11) is 0. The number of hydrogen-bond acceptors (Lipinski definition) is 5. The van der Waals surface area contributed by atoms with Gasteiger partial charge >= 0.3 is 0 Å². The molecule has 0 saturated carbocycles. The Hall–Kier alpha value is -3.72. The Kier molecular flexibility index (Phi) is 5.37. The molecule has 0 unspecified atom stereocenters. The first-order chi connectivity index (χ1) is 13.4. The van der Waals surface area contributed by atoms with E-state index >= 15 is 0 Å². The van der Waals surface area contributed by atoms with Crippen molar-refractivity contribution in [2.45, 2.75) is 26.2 Å². The summed E-state index contributed by atoms with van der Waals surface area (Å²) < 4.78 is 0. The van der Waals surface area contributed by atoms with Crippen LogP contribution in [0.2, 0.25) is 0 Å². The molecule has 0 saturated heterocycles. The van der Waals surface area contributed by atoms with Gasteiger partial charge in [0.1, 0.15) is 6.07 Å². The number of amides is 1. The van der Waals surface area contributed by atoms with Crippen molar-refractivity contribution in [3.63, 3.8) is 0 Å². The van der Waals surface area contributed by atoms with E-state index in [-0.39, 0.29) is 17.0 Å². The summed E-state index contributed by atoms with van der Waals surface area (Å²) in [4.78, 5) is 12.4. The van der Waals surface area contributed by atoms with Crippen molar-refractivity contribution in [3.8, 4) is 6.07 Å². The number of nitriles is 1. The molecular formula is C22H21N5O. The Bertz CT molecular complexity index is 1010. The van der Waals surface area contributed by atoms with E-state index in [4.69, 9.17) is 5.26 Å². The summed E-state index contributed by atoms with van der Waals surface area (Å²) in [5.74, 6) is 0.119. The van der Waals surface area contributed by atoms with E-state index in [2.05, 4.69) is 47.7 Å². The molecule has 0 bridgehead atoms. The molecule has 1 amide bonds. The molecule has 0 atom stereocenters. The summed E-state index contributed by atoms with van der Waals surface area (Å²) in [6, 6.07) is 20.2. The van der Waals surface area contributed by atoms with Gasteiger partial charge in [-0.25, -0.2) is 0 Å². The second kappa shape index (κ2) is 7.89. The zero-order chi connectivity index (χ0) is 20.1. The zero-order valence-electron chi connectivity index (χ0n) is 16.0. The molecule has 0 aliphatic heterocycles. The van der Waals surface area contributed by atoms with Crippen molar-refractivity contribution in [2.24, 2.45) is 0 Å². The van der Waals surface area contributed by atoms with Gasteiger partial charge in [-0.3, -0.25) is 4.79 Å². The van der Waals surface area contributed by atoms with Gasteiger partial charge in [-0.05, 0) is 47.4 Å². The van der Waals surface area contributed by atoms with Crippen molar-refractivity contribution < 1.29 is 4.79 Å². The van der Waals surface area contributed by atoms with Crippen LogP contribution in [0, 0.1) is 11.3 Å². The summed E-state index contributed by atoms with van der Waals surface area (Å²) in [5.41, 5.74) is 3.30. The predicted molar refractivity (Wildman–Crippen MR) is 110 cm³/mol. The first kappa shape index (κ1) is 19.1. The largest absolute Gasteiger partial charge is 0.338 e. The Balaban J connectivity index is 1.68. The predicted octanol–water partition coefficient (Wildman–Crippen LogP) is 4.64. The van der Waals surface area contributed by atoms with E-state index in [0.717, 1.165) is 0 Å². The Morgan fingerprint density at radius 3 is 2.29 bits per heavy atom. The van der Waals surface area contributed by atoms with E-state index < -0.39 is 0 Å². The average Bonchev–Trinajstić information content (AvgIpc) is 2.68. The maximum atomic E-state index is 12.4. The maximum absolute atomic E-state index is 12.4. The third kappa shape index (κ3) is 4.51. The number of para-hydroxylation sites is 1. The SMILES string of the molecule is CC(C)(C)c1ccc(NC(=O)c2ccc(Nc3ccccc3C#N)nn2)cc1. The number of nitrogens with zero attached hydrogens (tertiary/aromatic N) is 3. The monoisotopic (exact) mass is 371 g/mol. The fourth-order valence-electron chi connectivity index (χ4n) is 2.60. The number of benzene rings is 2. The molecule has 0 aliphatic carbocycles. The molecule has 1 heterocycles. The summed E-state index contributed by atoms with van der Waals surface area (Å²) in [6.07, 6.45) is 0. The van der Waals surface area contributed by atoms with Gasteiger partial charge in [0, 0.05) is 5.69 Å². The van der Waals surface area contributed by atoms with Crippen molar-refractivity contribution in [2.75, 3.05) is 10.6 Å². The molecule has 2 N–H and O–H groups in total. The van der Waals surface area contributed by atoms with Gasteiger partial charge < -0.3 is 10.6 Å². The quantitative estimate of drug-likeness (QED) is 0.697. The standard InChI is InChI=1S/C22H21N5O/c1-22(2,3)16-8-10-17(11-9-16)24-21(28)19-12-13-20(27-26-19)25-18-7-5-4-6-15(18)14-23/h4-13H,1-3H3,(H,24,28)(H,25,27). The van der Waals surface area contributed by atoms with E-state index in [1.807, 2.05) is 30.3 Å². The minimum Gasteiger partial charge on any atom is -0.338 e. The van der Waals surface area contributed by atoms with Gasteiger partial charge in [0.25, 0.3) is 5.91 Å². The van der Waals surface area contributed by atoms with Gasteiger partial charge in [-0.15, -0.1) is 10.2 Å². The number of carbonyl (C=O) groups excluding carboxylic acids is 1. The molecule has 0 aliphatic rings. The molecule has 0 fully saturated rings. The third-order valence-electron chi connectivity index (χ3n) is 4.22. The molecule has 0 radical (unpaired) electrons. The highest BCUT2D eigenvalue weighted by Crippen LogP contribution is 2.23. The highest BCUT2D eigenvalue weighted by Gasteiger charge is 2.14. The lowest BCUT2D eigenvalue weighted by Crippen LogP contribution is -2.15. The number of aromatic nitrogens is 2. The topological polar surface area (TPSA) is 90.7 Å². The van der Waals surface area contributed by atoms with Crippen molar-refractivity contribution >= 4 is 23.1 Å². The van der Waals surface area contributed by atoms with Crippen molar-refractivity contribution in [3.05, 3.63) is 77.5 Å². The fourth-order valence-corrected chi connectivity index (χ4v) is 2.60. The minimum absolute atomic E-state index is 0.0566. The maximum Gasteiger partial charge on any atom is 0.276 e. The zero-order valence-corrected chi connectivity index (χ0v) is 16.0. The highest BCUT2D eigenvalue weighted by molar-refractivity contribution is 6.02. The Morgan fingerprint density at radius 1 is 0.964 bits per heavy atom. The van der Waals surface area contributed by atoms with Gasteiger partial charge in [-0.2, -0.15) is 5.26 Å². The Morgan fingerprint density at radius 2 is 1.68 bits per heavy atom. The molecule has 1 aromatic heterocycles. The van der Waals surface area contributed by atoms with Crippen LogP contribution >= 0.6 is 0 Å². The van der Waals surface area contributed by atoms with Crippen molar-refractivity contribution in [1.82, 2.24) is 10.2 Å². The molecule has 6 nitrogen and oxygen atoms in total. The number of rotatable bonds is 4. The van der Waals surface area contributed by atoms with Crippen molar-refractivity contribution in [1.29, 1.82) is 5.26 Å². The molecule has 28 heavy (non-hydrogen) atoms. The second-order valence-corrected chi connectivity index (χ2v) is 7.37. The smallest absolute Gasteiger partial charge is 0.276 e. The van der Waals surface area contributed by atoms with Crippen LogP contribution in [0.4, 0.5) is 17.2 Å². The van der Waals surface area contributed by atoms with Gasteiger partial charge in [0.2, 0.25) is 0 Å². The van der Waals surface area contributed by atoms with Gasteiger partial charge in [-0.1, -0.05) is 45.0 Å². The molecule has 3 rings (SSSR count). The summed E-state index contributed by atoms with van der Waals surface area (Å²) >= 11 is 0. The van der Waals surface area contributed by atoms with E-state index in [0.29, 0.717) is 22.8 Å². The highest BCUT2D eigenvalue weighted by atomic mass is 16.1.